The molecule has 4 nitrogen and oxygen atoms in total. The fraction of sp³-hybridized carbons (Fsp3) is 0. The zero-order valence-corrected chi connectivity index (χ0v) is 11.0. The quantitative estimate of drug-likeness (QED) is 0.571. The van der Waals surface area contributed by atoms with Crippen LogP contribution in [0.1, 0.15) is 0 Å². The summed E-state index contributed by atoms with van der Waals surface area (Å²) in [5.74, 6) is 0.530. The number of hydrogen-bond donors (Lipinski definition) is 3. The predicted octanol–water partition coefficient (Wildman–Crippen LogP) is 0.502. The number of phenolic OH excluding ortho intramolecular Hbond substituents is 2. The first-order valence-corrected chi connectivity index (χ1v) is 5.72. The van der Waals surface area contributed by atoms with Crippen molar-refractivity contribution in [2.45, 2.75) is 0 Å². The summed E-state index contributed by atoms with van der Waals surface area (Å²) in [5, 5.41) is 29.4. The molecule has 0 spiro atoms. The zero-order valence-electron chi connectivity index (χ0n) is 10.2. The lowest BCUT2D eigenvalue weighted by molar-refractivity contribution is -0.00000721. The highest BCUT2D eigenvalue weighted by atomic mass is 35.5. The number of benzene rings is 2. The summed E-state index contributed by atoms with van der Waals surface area (Å²) in [6.07, 6.45) is 0. The van der Waals surface area contributed by atoms with Crippen molar-refractivity contribution in [1.29, 1.82) is 0 Å². The molecule has 1 heterocycles. The Balaban J connectivity index is 0.00000147. The van der Waals surface area contributed by atoms with Crippen LogP contribution in [0.5, 0.6) is 17.2 Å². The van der Waals surface area contributed by atoms with Gasteiger partial charge in [-0.3, -0.25) is 0 Å². The van der Waals surface area contributed by atoms with Crippen molar-refractivity contribution in [3.63, 3.8) is 0 Å². The van der Waals surface area contributed by atoms with Crippen molar-refractivity contribution in [3.05, 3.63) is 48.5 Å². The molecular weight excluding hydrogens is 280 g/mol. The summed E-state index contributed by atoms with van der Waals surface area (Å²) in [7, 11) is 0. The third kappa shape index (κ3) is 2.46. The maximum Gasteiger partial charge on any atom is 0.401 e. The Hall–Kier alpha value is -2.46. The molecule has 0 saturated heterocycles. The van der Waals surface area contributed by atoms with Crippen LogP contribution in [0.4, 0.5) is 0 Å². The lowest BCUT2D eigenvalue weighted by Crippen LogP contribution is -3.00. The van der Waals surface area contributed by atoms with E-state index in [1.165, 1.54) is 24.3 Å². The highest BCUT2D eigenvalue weighted by Crippen LogP contribution is 2.34. The Morgan fingerprint density at radius 3 is 2.10 bits per heavy atom. The van der Waals surface area contributed by atoms with Gasteiger partial charge in [0.05, 0.1) is 17.0 Å². The Morgan fingerprint density at radius 2 is 1.40 bits per heavy atom. The van der Waals surface area contributed by atoms with E-state index in [0.29, 0.717) is 16.5 Å². The van der Waals surface area contributed by atoms with Crippen LogP contribution in [0.3, 0.4) is 0 Å². The molecule has 3 aromatic rings. The molecule has 5 heteroatoms. The monoisotopic (exact) mass is 290 g/mol. The molecule has 1 aromatic heterocycles. The summed E-state index contributed by atoms with van der Waals surface area (Å²) >= 11 is 0. The fourth-order valence-electron chi connectivity index (χ4n) is 1.93. The van der Waals surface area contributed by atoms with Crippen LogP contribution in [-0.2, 0) is 0 Å². The van der Waals surface area contributed by atoms with Gasteiger partial charge in [0.25, 0.3) is 0 Å². The van der Waals surface area contributed by atoms with E-state index >= 15 is 0 Å². The van der Waals surface area contributed by atoms with Crippen molar-refractivity contribution < 1.29 is 32.1 Å². The van der Waals surface area contributed by atoms with Gasteiger partial charge in [0, 0.05) is 6.07 Å². The molecule has 0 aliphatic rings. The van der Waals surface area contributed by atoms with E-state index in [-0.39, 0.29) is 35.4 Å². The van der Waals surface area contributed by atoms with E-state index in [9.17, 15) is 15.3 Å². The Kier molecular flexibility index (Phi) is 3.68. The summed E-state index contributed by atoms with van der Waals surface area (Å²) in [4.78, 5) is 0. The lowest BCUT2D eigenvalue weighted by Gasteiger charge is -1.97. The van der Waals surface area contributed by atoms with Crippen LogP contribution >= 0.6 is 0 Å². The van der Waals surface area contributed by atoms with E-state index < -0.39 is 0 Å². The van der Waals surface area contributed by atoms with Gasteiger partial charge < -0.3 is 27.7 Å². The second-order valence-corrected chi connectivity index (χ2v) is 4.23. The molecule has 0 unspecified atom stereocenters. The van der Waals surface area contributed by atoms with Crippen molar-refractivity contribution in [3.8, 4) is 28.6 Å². The van der Waals surface area contributed by atoms with Crippen LogP contribution in [0.15, 0.2) is 52.9 Å². The van der Waals surface area contributed by atoms with Crippen LogP contribution in [-0.4, -0.2) is 15.3 Å². The van der Waals surface area contributed by atoms with Gasteiger partial charge in [0.1, 0.15) is 11.5 Å². The van der Waals surface area contributed by atoms with Crippen molar-refractivity contribution in [2.75, 3.05) is 0 Å². The largest absolute Gasteiger partial charge is 1.00 e. The van der Waals surface area contributed by atoms with Crippen molar-refractivity contribution in [1.82, 2.24) is 0 Å². The molecule has 0 fully saturated rings. The Bertz CT molecular complexity index is 754. The van der Waals surface area contributed by atoms with Crippen molar-refractivity contribution >= 4 is 11.0 Å². The standard InChI is InChI=1S/C15H10O4.ClH/c16-11-4-1-9(2-5-11)15-13(18)7-10-3-6-12(17)8-14(10)19-15;/h1-8H,(H2-,16,17,18);1H. The number of hydrogen-bond acceptors (Lipinski definition) is 3. The van der Waals surface area contributed by atoms with E-state index in [0.717, 1.165) is 0 Å². The van der Waals surface area contributed by atoms with Crippen LogP contribution in [0.2, 0.25) is 0 Å². The third-order valence-electron chi connectivity index (χ3n) is 2.86. The second kappa shape index (κ2) is 5.27. The Morgan fingerprint density at radius 1 is 0.750 bits per heavy atom. The van der Waals surface area contributed by atoms with Crippen molar-refractivity contribution in [2.24, 2.45) is 0 Å². The molecule has 0 atom stereocenters. The normalized spacial score (nSPS) is 10.2. The molecular formula is C15H11ClO4. The first-order valence-electron chi connectivity index (χ1n) is 5.72. The smallest absolute Gasteiger partial charge is 0.401 e. The van der Waals surface area contributed by atoms with Gasteiger partial charge in [0.15, 0.2) is 0 Å². The van der Waals surface area contributed by atoms with Gasteiger partial charge >= 0.3 is 11.3 Å². The van der Waals surface area contributed by atoms with Gasteiger partial charge in [0.2, 0.25) is 5.75 Å². The average molecular weight is 291 g/mol. The highest BCUT2D eigenvalue weighted by Gasteiger charge is 2.21. The van der Waals surface area contributed by atoms with Gasteiger partial charge in [-0.25, -0.2) is 4.42 Å². The van der Waals surface area contributed by atoms with E-state index in [1.54, 1.807) is 24.3 Å². The van der Waals surface area contributed by atoms with Gasteiger partial charge in [-0.2, -0.15) is 0 Å². The molecule has 3 rings (SSSR count). The molecule has 0 saturated carbocycles. The SMILES string of the molecule is Oc1ccc(-c2[o+]c3cc(O)ccc3cc2O)cc1.[Cl-]. The Labute approximate surface area is 121 Å². The minimum atomic E-state index is 0. The first-order chi connectivity index (χ1) is 9.13. The fourth-order valence-corrected chi connectivity index (χ4v) is 1.93. The molecule has 20 heavy (non-hydrogen) atoms. The molecule has 0 aliphatic heterocycles. The maximum atomic E-state index is 9.98. The summed E-state index contributed by atoms with van der Waals surface area (Å²) < 4.78 is 5.61. The van der Waals surface area contributed by atoms with E-state index in [1.807, 2.05) is 0 Å². The number of halogens is 1. The van der Waals surface area contributed by atoms with E-state index in [4.69, 9.17) is 4.42 Å². The molecule has 2 aromatic carbocycles. The topological polar surface area (TPSA) is 72.0 Å². The molecule has 0 bridgehead atoms. The number of fused-ring (bicyclic) bond motifs is 1. The minimum absolute atomic E-state index is 0. The van der Waals surface area contributed by atoms with E-state index in [2.05, 4.69) is 0 Å². The summed E-state index contributed by atoms with van der Waals surface area (Å²) in [6, 6.07) is 12.5. The van der Waals surface area contributed by atoms with Gasteiger partial charge in [-0.15, -0.1) is 0 Å². The molecule has 0 radical (unpaired) electrons. The summed E-state index contributed by atoms with van der Waals surface area (Å²) in [5.41, 5.74) is 1.11. The number of aromatic hydroxyl groups is 3. The average Bonchev–Trinajstić information content (AvgIpc) is 2.40. The first kappa shape index (κ1) is 14.0. The van der Waals surface area contributed by atoms with Gasteiger partial charge in [-0.05, 0) is 36.4 Å². The van der Waals surface area contributed by atoms with Crippen LogP contribution < -0.4 is 12.4 Å². The molecule has 0 amide bonds. The van der Waals surface area contributed by atoms with Crippen LogP contribution in [0.25, 0.3) is 22.3 Å². The second-order valence-electron chi connectivity index (χ2n) is 4.23. The van der Waals surface area contributed by atoms with Gasteiger partial charge in [-0.1, -0.05) is 0 Å². The molecule has 0 aliphatic carbocycles. The molecule has 102 valence electrons. The number of rotatable bonds is 1. The predicted molar refractivity (Wildman–Crippen MR) is 71.1 cm³/mol. The lowest BCUT2D eigenvalue weighted by atomic mass is 10.1. The third-order valence-corrected chi connectivity index (χ3v) is 2.86. The minimum Gasteiger partial charge on any atom is -1.00 e. The maximum absolute atomic E-state index is 9.98. The zero-order chi connectivity index (χ0) is 13.4. The van der Waals surface area contributed by atoms with Crippen LogP contribution in [0, 0.1) is 0 Å². The molecule has 3 N–H and O–H groups in total. The summed E-state index contributed by atoms with van der Waals surface area (Å²) in [6.45, 7) is 0. The number of phenols is 2. The highest BCUT2D eigenvalue weighted by molar-refractivity contribution is 5.83.